The van der Waals surface area contributed by atoms with Crippen LogP contribution in [0.5, 0.6) is 11.5 Å². The number of benzene rings is 1. The van der Waals surface area contributed by atoms with E-state index in [1.54, 1.807) is 25.3 Å². The Bertz CT molecular complexity index is 433. The van der Waals surface area contributed by atoms with E-state index in [0.717, 1.165) is 6.42 Å². The number of methoxy groups -OCH3 is 1. The second-order valence-electron chi connectivity index (χ2n) is 4.22. The Balaban J connectivity index is 1.96. The van der Waals surface area contributed by atoms with Crippen molar-refractivity contribution in [3.8, 4) is 11.5 Å². The maximum absolute atomic E-state index is 12.0. The van der Waals surface area contributed by atoms with Gasteiger partial charge in [-0.2, -0.15) is 0 Å². The van der Waals surface area contributed by atoms with Crippen LogP contribution >= 0.6 is 0 Å². The molecule has 5 nitrogen and oxygen atoms in total. The van der Waals surface area contributed by atoms with Gasteiger partial charge in [0.25, 0.3) is 5.91 Å². The van der Waals surface area contributed by atoms with E-state index >= 15 is 0 Å². The van der Waals surface area contributed by atoms with Gasteiger partial charge in [0.05, 0.1) is 0 Å². The van der Waals surface area contributed by atoms with E-state index in [0.29, 0.717) is 23.7 Å². The third-order valence-corrected chi connectivity index (χ3v) is 2.77. The number of hydrogen-bond donors (Lipinski definition) is 1. The fourth-order valence-corrected chi connectivity index (χ4v) is 1.71. The topological polar surface area (TPSA) is 56.8 Å². The van der Waals surface area contributed by atoms with Crippen LogP contribution in [0.2, 0.25) is 0 Å². The van der Waals surface area contributed by atoms with Crippen LogP contribution in [0.3, 0.4) is 0 Å². The first-order chi connectivity index (χ1) is 8.70. The van der Waals surface area contributed by atoms with E-state index in [1.165, 1.54) is 0 Å². The molecule has 0 saturated carbocycles. The summed E-state index contributed by atoms with van der Waals surface area (Å²) in [6.07, 6.45) is 0.785. The lowest BCUT2D eigenvalue weighted by Gasteiger charge is -2.13. The van der Waals surface area contributed by atoms with E-state index in [4.69, 9.17) is 14.2 Å². The molecule has 0 aliphatic carbocycles. The fraction of sp³-hybridized carbons (Fsp3) is 0.462. The minimum Gasteiger partial charge on any atom is -0.454 e. The highest BCUT2D eigenvalue weighted by molar-refractivity contribution is 5.95. The lowest BCUT2D eigenvalue weighted by Crippen LogP contribution is -2.33. The molecule has 0 radical (unpaired) electrons. The number of carbonyl (C=O) groups is 1. The molecule has 98 valence electrons. The number of nitrogens with one attached hydrogen (secondary N) is 1. The Morgan fingerprint density at radius 2 is 2.22 bits per heavy atom. The number of carbonyl (C=O) groups excluding carboxylic acids is 1. The third kappa shape index (κ3) is 2.92. The molecule has 0 fully saturated rings. The van der Waals surface area contributed by atoms with Crippen molar-refractivity contribution in [1.29, 1.82) is 0 Å². The maximum Gasteiger partial charge on any atom is 0.251 e. The van der Waals surface area contributed by atoms with Crippen LogP contribution in [0.25, 0.3) is 0 Å². The van der Waals surface area contributed by atoms with Gasteiger partial charge in [0, 0.05) is 25.3 Å². The molecule has 1 aromatic carbocycles. The maximum atomic E-state index is 12.0. The predicted molar refractivity (Wildman–Crippen MR) is 66.0 cm³/mol. The molecule has 18 heavy (non-hydrogen) atoms. The Hall–Kier alpha value is -1.75. The van der Waals surface area contributed by atoms with E-state index in [9.17, 15) is 4.79 Å². The van der Waals surface area contributed by atoms with Gasteiger partial charge in [-0.15, -0.1) is 0 Å². The second-order valence-corrected chi connectivity index (χ2v) is 4.22. The smallest absolute Gasteiger partial charge is 0.251 e. The molecule has 1 atom stereocenters. The van der Waals surface area contributed by atoms with E-state index in [2.05, 4.69) is 5.32 Å². The Morgan fingerprint density at radius 3 is 3.00 bits per heavy atom. The zero-order chi connectivity index (χ0) is 13.0. The van der Waals surface area contributed by atoms with Crippen molar-refractivity contribution < 1.29 is 19.0 Å². The number of amides is 1. The summed E-state index contributed by atoms with van der Waals surface area (Å²) in [5.74, 6) is 1.18. The molecule has 0 saturated heterocycles. The largest absolute Gasteiger partial charge is 0.454 e. The quantitative estimate of drug-likeness (QED) is 0.863. The molecule has 0 bridgehead atoms. The summed E-state index contributed by atoms with van der Waals surface area (Å²) < 4.78 is 15.4. The SMILES string of the molecule is COCCC(C)NC(=O)c1ccc2c(c1)OCO2. The van der Waals surface area contributed by atoms with Crippen molar-refractivity contribution >= 4 is 5.91 Å². The zero-order valence-electron chi connectivity index (χ0n) is 10.6. The van der Waals surface area contributed by atoms with Crippen molar-refractivity contribution in [3.63, 3.8) is 0 Å². The molecule has 1 amide bonds. The molecule has 1 aliphatic rings. The Kier molecular flexibility index (Phi) is 4.04. The van der Waals surface area contributed by atoms with Gasteiger partial charge in [-0.1, -0.05) is 0 Å². The van der Waals surface area contributed by atoms with E-state index < -0.39 is 0 Å². The van der Waals surface area contributed by atoms with Gasteiger partial charge < -0.3 is 19.5 Å². The summed E-state index contributed by atoms with van der Waals surface area (Å²) in [5.41, 5.74) is 0.573. The highest BCUT2D eigenvalue weighted by atomic mass is 16.7. The average molecular weight is 251 g/mol. The third-order valence-electron chi connectivity index (χ3n) is 2.77. The molecular weight excluding hydrogens is 234 g/mol. The first-order valence-electron chi connectivity index (χ1n) is 5.90. The number of fused-ring (bicyclic) bond motifs is 1. The standard InChI is InChI=1S/C13H17NO4/c1-9(5-6-16-2)14-13(15)10-3-4-11-12(7-10)18-8-17-11/h3-4,7,9H,5-6,8H2,1-2H3,(H,14,15). The van der Waals surface area contributed by atoms with Gasteiger partial charge in [0.15, 0.2) is 11.5 Å². The van der Waals surface area contributed by atoms with Crippen molar-refractivity contribution in [2.75, 3.05) is 20.5 Å². The van der Waals surface area contributed by atoms with Crippen LogP contribution in [0.4, 0.5) is 0 Å². The normalized spacial score (nSPS) is 14.3. The highest BCUT2D eigenvalue weighted by Gasteiger charge is 2.17. The van der Waals surface area contributed by atoms with Gasteiger partial charge in [0.2, 0.25) is 6.79 Å². The molecular formula is C13H17NO4. The van der Waals surface area contributed by atoms with E-state index in [1.807, 2.05) is 6.92 Å². The summed E-state index contributed by atoms with van der Waals surface area (Å²) in [7, 11) is 1.65. The summed E-state index contributed by atoms with van der Waals surface area (Å²) >= 11 is 0. The number of rotatable bonds is 5. The van der Waals surface area contributed by atoms with Crippen LogP contribution in [0, 0.1) is 0 Å². The Morgan fingerprint density at radius 1 is 1.44 bits per heavy atom. The predicted octanol–water partition coefficient (Wildman–Crippen LogP) is 1.57. The van der Waals surface area contributed by atoms with Gasteiger partial charge in [-0.25, -0.2) is 0 Å². The highest BCUT2D eigenvalue weighted by Crippen LogP contribution is 2.32. The zero-order valence-corrected chi connectivity index (χ0v) is 10.6. The van der Waals surface area contributed by atoms with Crippen molar-refractivity contribution in [2.24, 2.45) is 0 Å². The minimum absolute atomic E-state index is 0.0721. The summed E-state index contributed by atoms with van der Waals surface area (Å²) in [5, 5.41) is 2.91. The molecule has 5 heteroatoms. The van der Waals surface area contributed by atoms with E-state index in [-0.39, 0.29) is 18.7 Å². The minimum atomic E-state index is -0.114. The van der Waals surface area contributed by atoms with Gasteiger partial charge in [0.1, 0.15) is 0 Å². The molecule has 0 spiro atoms. The Labute approximate surface area is 106 Å². The van der Waals surface area contributed by atoms with Gasteiger partial charge >= 0.3 is 0 Å². The van der Waals surface area contributed by atoms with Crippen molar-refractivity contribution in [1.82, 2.24) is 5.32 Å². The molecule has 1 aliphatic heterocycles. The lowest BCUT2D eigenvalue weighted by molar-refractivity contribution is 0.0929. The van der Waals surface area contributed by atoms with Crippen LogP contribution in [-0.4, -0.2) is 32.5 Å². The molecule has 1 N–H and O–H groups in total. The summed E-state index contributed by atoms with van der Waals surface area (Å²) in [6.45, 7) is 2.79. The van der Waals surface area contributed by atoms with Crippen LogP contribution in [0.1, 0.15) is 23.7 Å². The number of hydrogen-bond acceptors (Lipinski definition) is 4. The molecule has 1 heterocycles. The molecule has 1 aromatic rings. The number of ether oxygens (including phenoxy) is 3. The lowest BCUT2D eigenvalue weighted by atomic mass is 10.1. The van der Waals surface area contributed by atoms with Crippen LogP contribution in [0.15, 0.2) is 18.2 Å². The summed E-state index contributed by atoms with van der Waals surface area (Å²) in [4.78, 5) is 12.0. The average Bonchev–Trinajstić information content (AvgIpc) is 2.83. The van der Waals surface area contributed by atoms with Gasteiger partial charge in [-0.05, 0) is 31.5 Å². The van der Waals surface area contributed by atoms with Crippen LogP contribution < -0.4 is 14.8 Å². The fourth-order valence-electron chi connectivity index (χ4n) is 1.71. The first kappa shape index (κ1) is 12.7. The molecule has 1 unspecified atom stereocenters. The first-order valence-corrected chi connectivity index (χ1v) is 5.90. The summed E-state index contributed by atoms with van der Waals surface area (Å²) in [6, 6.07) is 5.24. The van der Waals surface area contributed by atoms with Gasteiger partial charge in [-0.3, -0.25) is 4.79 Å². The molecule has 0 aromatic heterocycles. The second kappa shape index (κ2) is 5.73. The van der Waals surface area contributed by atoms with Crippen LogP contribution in [-0.2, 0) is 4.74 Å². The van der Waals surface area contributed by atoms with Crippen molar-refractivity contribution in [3.05, 3.63) is 23.8 Å². The van der Waals surface area contributed by atoms with Crippen molar-refractivity contribution in [2.45, 2.75) is 19.4 Å². The molecule has 2 rings (SSSR count). The monoisotopic (exact) mass is 251 g/mol.